The van der Waals surface area contributed by atoms with E-state index in [2.05, 4.69) is 35.8 Å². The predicted octanol–water partition coefficient (Wildman–Crippen LogP) is 1.25. The number of hydrogen-bond donors (Lipinski definition) is 1. The minimum Gasteiger partial charge on any atom is -0.316 e. The van der Waals surface area contributed by atoms with E-state index in [1.54, 1.807) is 0 Å². The molecule has 5 heteroatoms. The maximum atomic E-state index is 4.22. The molecule has 0 amide bonds. The van der Waals surface area contributed by atoms with Crippen LogP contribution in [-0.4, -0.2) is 27.7 Å². The monoisotopic (exact) mass is 266 g/mol. The molecule has 0 aliphatic carbocycles. The fourth-order valence-corrected chi connectivity index (χ4v) is 2.14. The van der Waals surface area contributed by atoms with Crippen LogP contribution in [0.15, 0.2) is 22.8 Å². The highest BCUT2D eigenvalue weighted by atomic mass is 79.9. The molecule has 1 fully saturated rings. The molecule has 15 heavy (non-hydrogen) atoms. The summed E-state index contributed by atoms with van der Waals surface area (Å²) in [6.45, 7) is 2.20. The second-order valence-corrected chi connectivity index (χ2v) is 4.84. The first-order valence-electron chi connectivity index (χ1n) is 5.03. The summed E-state index contributed by atoms with van der Waals surface area (Å²) in [5, 5.41) is 11.6. The molecule has 0 unspecified atom stereocenters. The van der Waals surface area contributed by atoms with Crippen molar-refractivity contribution in [1.29, 1.82) is 0 Å². The van der Waals surface area contributed by atoms with Crippen molar-refractivity contribution < 1.29 is 0 Å². The van der Waals surface area contributed by atoms with Crippen LogP contribution in [0.25, 0.3) is 5.65 Å². The van der Waals surface area contributed by atoms with E-state index in [0.29, 0.717) is 0 Å². The lowest BCUT2D eigenvalue weighted by atomic mass is 9.99. The van der Waals surface area contributed by atoms with E-state index in [1.165, 1.54) is 0 Å². The minimum absolute atomic E-state index is 0.719. The fourth-order valence-electron chi connectivity index (χ4n) is 1.80. The van der Waals surface area contributed by atoms with Crippen LogP contribution in [0, 0.1) is 5.92 Å². The minimum atomic E-state index is 0.719. The smallest absolute Gasteiger partial charge is 0.160 e. The number of hydrogen-bond acceptors (Lipinski definition) is 3. The number of rotatable bonds is 2. The summed E-state index contributed by atoms with van der Waals surface area (Å²) < 4.78 is 3.12. The molecule has 0 bridgehead atoms. The summed E-state index contributed by atoms with van der Waals surface area (Å²) in [6.07, 6.45) is 3.03. The lowest BCUT2D eigenvalue weighted by molar-refractivity contribution is 0.340. The molecular formula is C10H11BrN4. The molecule has 3 rings (SSSR count). The van der Waals surface area contributed by atoms with E-state index in [-0.39, 0.29) is 0 Å². The van der Waals surface area contributed by atoms with Crippen molar-refractivity contribution in [2.24, 2.45) is 5.92 Å². The molecule has 3 heterocycles. The first-order chi connectivity index (χ1) is 7.33. The Balaban J connectivity index is 1.98. The Bertz CT molecular complexity index is 489. The molecule has 1 aliphatic rings. The van der Waals surface area contributed by atoms with Gasteiger partial charge < -0.3 is 5.32 Å². The second kappa shape index (κ2) is 3.57. The SMILES string of the molecule is Brc1ccc2nnc(CC3CNC3)n2c1. The molecule has 0 aromatic carbocycles. The van der Waals surface area contributed by atoms with Crippen molar-refractivity contribution in [2.75, 3.05) is 13.1 Å². The largest absolute Gasteiger partial charge is 0.316 e. The van der Waals surface area contributed by atoms with Gasteiger partial charge >= 0.3 is 0 Å². The zero-order valence-electron chi connectivity index (χ0n) is 8.15. The predicted molar refractivity (Wildman–Crippen MR) is 60.8 cm³/mol. The molecule has 2 aromatic heterocycles. The summed E-state index contributed by atoms with van der Waals surface area (Å²) in [6, 6.07) is 3.96. The Morgan fingerprint density at radius 3 is 3.00 bits per heavy atom. The van der Waals surface area contributed by atoms with Gasteiger partial charge in [-0.05, 0) is 47.1 Å². The van der Waals surface area contributed by atoms with Crippen molar-refractivity contribution in [1.82, 2.24) is 19.9 Å². The standard InChI is InChI=1S/C10H11BrN4/c11-8-1-2-9-13-14-10(15(9)6-8)3-7-4-12-5-7/h1-2,6-7,12H,3-5H2. The molecule has 1 saturated heterocycles. The van der Waals surface area contributed by atoms with E-state index in [0.717, 1.165) is 41.4 Å². The number of aromatic nitrogens is 3. The van der Waals surface area contributed by atoms with Gasteiger partial charge in [0, 0.05) is 17.1 Å². The zero-order chi connectivity index (χ0) is 10.3. The summed E-state index contributed by atoms with van der Waals surface area (Å²) >= 11 is 3.46. The number of halogens is 1. The third-order valence-corrected chi connectivity index (χ3v) is 3.24. The molecule has 1 N–H and O–H groups in total. The zero-order valence-corrected chi connectivity index (χ0v) is 9.74. The van der Waals surface area contributed by atoms with Crippen LogP contribution in [0.2, 0.25) is 0 Å². The van der Waals surface area contributed by atoms with Crippen LogP contribution in [0.1, 0.15) is 5.82 Å². The Morgan fingerprint density at radius 1 is 1.40 bits per heavy atom. The molecular weight excluding hydrogens is 256 g/mol. The van der Waals surface area contributed by atoms with Crippen LogP contribution >= 0.6 is 15.9 Å². The lowest BCUT2D eigenvalue weighted by Crippen LogP contribution is -2.43. The number of nitrogens with zero attached hydrogens (tertiary/aromatic N) is 3. The highest BCUT2D eigenvalue weighted by molar-refractivity contribution is 9.10. The van der Waals surface area contributed by atoms with E-state index in [9.17, 15) is 0 Å². The number of nitrogens with one attached hydrogen (secondary N) is 1. The van der Waals surface area contributed by atoms with E-state index in [4.69, 9.17) is 0 Å². The van der Waals surface area contributed by atoms with Crippen LogP contribution in [0.3, 0.4) is 0 Å². The number of fused-ring (bicyclic) bond motifs is 1. The van der Waals surface area contributed by atoms with Gasteiger partial charge in [-0.25, -0.2) is 0 Å². The van der Waals surface area contributed by atoms with Crippen molar-refractivity contribution in [2.45, 2.75) is 6.42 Å². The van der Waals surface area contributed by atoms with E-state index < -0.39 is 0 Å². The number of pyridine rings is 1. The molecule has 0 atom stereocenters. The van der Waals surface area contributed by atoms with Crippen LogP contribution in [-0.2, 0) is 6.42 Å². The molecule has 78 valence electrons. The van der Waals surface area contributed by atoms with E-state index in [1.807, 2.05) is 18.3 Å². The van der Waals surface area contributed by atoms with Gasteiger partial charge in [0.25, 0.3) is 0 Å². The van der Waals surface area contributed by atoms with Gasteiger partial charge in [0.05, 0.1) is 0 Å². The van der Waals surface area contributed by atoms with Crippen molar-refractivity contribution in [3.8, 4) is 0 Å². The highest BCUT2D eigenvalue weighted by Gasteiger charge is 2.19. The van der Waals surface area contributed by atoms with Crippen LogP contribution in [0.5, 0.6) is 0 Å². The Morgan fingerprint density at radius 2 is 2.27 bits per heavy atom. The molecule has 4 nitrogen and oxygen atoms in total. The van der Waals surface area contributed by atoms with Crippen LogP contribution < -0.4 is 5.32 Å². The fraction of sp³-hybridized carbons (Fsp3) is 0.400. The normalized spacial score (nSPS) is 16.9. The molecule has 0 saturated carbocycles. The molecule has 0 spiro atoms. The maximum absolute atomic E-state index is 4.22. The summed E-state index contributed by atoms with van der Waals surface area (Å²) in [5.41, 5.74) is 0.917. The Kier molecular flexibility index (Phi) is 2.21. The maximum Gasteiger partial charge on any atom is 0.160 e. The summed E-state index contributed by atoms with van der Waals surface area (Å²) in [4.78, 5) is 0. The van der Waals surface area contributed by atoms with Gasteiger partial charge in [-0.3, -0.25) is 4.40 Å². The first kappa shape index (κ1) is 9.30. The summed E-state index contributed by atoms with van der Waals surface area (Å²) in [7, 11) is 0. The third kappa shape index (κ3) is 1.66. The van der Waals surface area contributed by atoms with Gasteiger partial charge in [-0.1, -0.05) is 0 Å². The summed E-state index contributed by atoms with van der Waals surface area (Å²) in [5.74, 6) is 1.77. The highest BCUT2D eigenvalue weighted by Crippen LogP contribution is 2.15. The van der Waals surface area contributed by atoms with Gasteiger partial charge in [0.2, 0.25) is 0 Å². The quantitative estimate of drug-likeness (QED) is 0.890. The van der Waals surface area contributed by atoms with Crippen molar-refractivity contribution in [3.05, 3.63) is 28.6 Å². The Hall–Kier alpha value is -0.940. The second-order valence-electron chi connectivity index (χ2n) is 3.92. The molecule has 1 aliphatic heterocycles. The lowest BCUT2D eigenvalue weighted by Gasteiger charge is -2.26. The first-order valence-corrected chi connectivity index (χ1v) is 5.82. The van der Waals surface area contributed by atoms with Crippen LogP contribution in [0.4, 0.5) is 0 Å². The van der Waals surface area contributed by atoms with E-state index >= 15 is 0 Å². The third-order valence-electron chi connectivity index (χ3n) is 2.77. The topological polar surface area (TPSA) is 42.2 Å². The average Bonchev–Trinajstić information content (AvgIpc) is 2.54. The van der Waals surface area contributed by atoms with Crippen molar-refractivity contribution in [3.63, 3.8) is 0 Å². The molecule has 0 radical (unpaired) electrons. The average molecular weight is 267 g/mol. The molecule has 2 aromatic rings. The van der Waals surface area contributed by atoms with Gasteiger partial charge in [0.1, 0.15) is 5.82 Å². The van der Waals surface area contributed by atoms with Gasteiger partial charge in [-0.2, -0.15) is 0 Å². The van der Waals surface area contributed by atoms with Gasteiger partial charge in [0.15, 0.2) is 5.65 Å². The van der Waals surface area contributed by atoms with Gasteiger partial charge in [-0.15, -0.1) is 10.2 Å². The Labute approximate surface area is 95.8 Å². The van der Waals surface area contributed by atoms with Crippen molar-refractivity contribution >= 4 is 21.6 Å².